The second-order valence-electron chi connectivity index (χ2n) is 5.72. The predicted octanol–water partition coefficient (Wildman–Crippen LogP) is 2.15. The van der Waals surface area contributed by atoms with Crippen LogP contribution in [-0.2, 0) is 16.0 Å². The van der Waals surface area contributed by atoms with Gasteiger partial charge in [-0.15, -0.1) is 0 Å². The number of carbonyl (C=O) groups excluding carboxylic acids is 2. The Kier molecular flexibility index (Phi) is 4.26. The van der Waals surface area contributed by atoms with Crippen molar-refractivity contribution in [2.24, 2.45) is 5.73 Å². The number of primary amides is 1. The van der Waals surface area contributed by atoms with Gasteiger partial charge in [-0.3, -0.25) is 9.59 Å². The van der Waals surface area contributed by atoms with Crippen LogP contribution in [-0.4, -0.2) is 17.4 Å². The van der Waals surface area contributed by atoms with Crippen molar-refractivity contribution in [1.82, 2.24) is 5.32 Å². The number of hydrogen-bond acceptors (Lipinski definition) is 2. The molecular weight excluding hydrogens is 264 g/mol. The minimum atomic E-state index is -1.01. The van der Waals surface area contributed by atoms with Crippen LogP contribution < -0.4 is 11.1 Å². The third-order valence-electron chi connectivity index (χ3n) is 3.52. The van der Waals surface area contributed by atoms with Crippen molar-refractivity contribution < 1.29 is 9.59 Å². The lowest BCUT2D eigenvalue weighted by molar-refractivity contribution is -0.130. The molecule has 110 valence electrons. The summed E-state index contributed by atoms with van der Waals surface area (Å²) in [5.74, 6) is -0.714. The molecule has 2 aromatic rings. The summed E-state index contributed by atoms with van der Waals surface area (Å²) in [5, 5.41) is 4.99. The monoisotopic (exact) mass is 284 g/mol. The molecule has 0 aliphatic heterocycles. The Bertz CT molecular complexity index is 677. The number of carbonyl (C=O) groups is 2. The maximum Gasteiger partial charge on any atom is 0.242 e. The average molecular weight is 284 g/mol. The lowest BCUT2D eigenvalue weighted by Gasteiger charge is -2.22. The summed E-state index contributed by atoms with van der Waals surface area (Å²) in [6, 6.07) is 14.3. The van der Waals surface area contributed by atoms with Gasteiger partial charge in [-0.25, -0.2) is 0 Å². The number of nitrogens with two attached hydrogens (primary N) is 1. The molecule has 0 unspecified atom stereocenters. The van der Waals surface area contributed by atoms with E-state index in [4.69, 9.17) is 5.73 Å². The number of hydrogen-bond donors (Lipinski definition) is 2. The number of aryl methyl sites for hydroxylation is 1. The third kappa shape index (κ3) is 3.81. The highest BCUT2D eigenvalue weighted by Crippen LogP contribution is 2.16. The summed E-state index contributed by atoms with van der Waals surface area (Å²) in [6.07, 6.45) is 0.959. The molecule has 0 saturated carbocycles. The van der Waals surface area contributed by atoms with Crippen LogP contribution in [0.15, 0.2) is 42.5 Å². The summed E-state index contributed by atoms with van der Waals surface area (Å²) in [5.41, 5.74) is 5.32. The minimum absolute atomic E-state index is 0.174. The smallest absolute Gasteiger partial charge is 0.242 e. The first-order valence-corrected chi connectivity index (χ1v) is 6.97. The molecule has 0 atom stereocenters. The number of rotatable bonds is 5. The third-order valence-corrected chi connectivity index (χ3v) is 3.52. The number of amides is 2. The Balaban J connectivity index is 1.98. The van der Waals surface area contributed by atoms with Crippen LogP contribution in [0.2, 0.25) is 0 Å². The van der Waals surface area contributed by atoms with E-state index in [9.17, 15) is 9.59 Å². The highest BCUT2D eigenvalue weighted by atomic mass is 16.2. The van der Waals surface area contributed by atoms with Crippen LogP contribution in [0, 0.1) is 0 Å². The topological polar surface area (TPSA) is 72.2 Å². The molecule has 3 N–H and O–H groups in total. The molecule has 0 heterocycles. The molecule has 4 nitrogen and oxygen atoms in total. The number of fused-ring (bicyclic) bond motifs is 1. The summed E-state index contributed by atoms with van der Waals surface area (Å²) in [6.45, 7) is 3.20. The van der Waals surface area contributed by atoms with Crippen LogP contribution >= 0.6 is 0 Å². The van der Waals surface area contributed by atoms with Gasteiger partial charge in [-0.05, 0) is 36.6 Å². The number of benzene rings is 2. The molecule has 0 radical (unpaired) electrons. The quantitative estimate of drug-likeness (QED) is 0.883. The van der Waals surface area contributed by atoms with E-state index < -0.39 is 11.4 Å². The van der Waals surface area contributed by atoms with Gasteiger partial charge in [0.15, 0.2) is 0 Å². The molecule has 0 saturated heterocycles. The zero-order chi connectivity index (χ0) is 15.5. The van der Waals surface area contributed by atoms with Crippen LogP contribution in [0.1, 0.15) is 25.8 Å². The molecular formula is C17H20N2O2. The van der Waals surface area contributed by atoms with Crippen molar-refractivity contribution >= 4 is 22.6 Å². The SMILES string of the molecule is CC(C)(NC(=O)CCc1ccc2ccccc2c1)C(N)=O. The second kappa shape index (κ2) is 5.95. The molecule has 0 spiro atoms. The highest BCUT2D eigenvalue weighted by Gasteiger charge is 2.26. The Morgan fingerprint density at radius 2 is 1.76 bits per heavy atom. The molecule has 4 heteroatoms. The van der Waals surface area contributed by atoms with Gasteiger partial charge in [0.2, 0.25) is 11.8 Å². The first-order valence-electron chi connectivity index (χ1n) is 6.97. The molecule has 0 aromatic heterocycles. The van der Waals surface area contributed by atoms with Gasteiger partial charge < -0.3 is 11.1 Å². The van der Waals surface area contributed by atoms with Gasteiger partial charge in [-0.2, -0.15) is 0 Å². The van der Waals surface area contributed by atoms with E-state index in [0.717, 1.165) is 10.9 Å². The lowest BCUT2D eigenvalue weighted by Crippen LogP contribution is -2.53. The van der Waals surface area contributed by atoms with Gasteiger partial charge in [0.25, 0.3) is 0 Å². The molecule has 21 heavy (non-hydrogen) atoms. The van der Waals surface area contributed by atoms with E-state index in [1.54, 1.807) is 13.8 Å². The van der Waals surface area contributed by atoms with Crippen molar-refractivity contribution in [1.29, 1.82) is 0 Å². The lowest BCUT2D eigenvalue weighted by atomic mass is 10.0. The Labute approximate surface area is 124 Å². The van der Waals surface area contributed by atoms with Crippen LogP contribution in [0.25, 0.3) is 10.8 Å². The molecule has 2 rings (SSSR count). The molecule has 0 aliphatic rings. The summed E-state index contributed by atoms with van der Waals surface area (Å²) >= 11 is 0. The average Bonchev–Trinajstić information content (AvgIpc) is 2.44. The van der Waals surface area contributed by atoms with E-state index >= 15 is 0 Å². The Morgan fingerprint density at radius 3 is 2.43 bits per heavy atom. The minimum Gasteiger partial charge on any atom is -0.368 e. The molecule has 2 aromatic carbocycles. The van der Waals surface area contributed by atoms with Crippen LogP contribution in [0.3, 0.4) is 0 Å². The van der Waals surface area contributed by atoms with Crippen molar-refractivity contribution in [2.75, 3.05) is 0 Å². The van der Waals surface area contributed by atoms with Gasteiger partial charge >= 0.3 is 0 Å². The van der Waals surface area contributed by atoms with Gasteiger partial charge in [0.1, 0.15) is 5.54 Å². The predicted molar refractivity (Wildman–Crippen MR) is 83.7 cm³/mol. The van der Waals surface area contributed by atoms with E-state index in [0.29, 0.717) is 12.8 Å². The maximum absolute atomic E-state index is 11.9. The van der Waals surface area contributed by atoms with Crippen molar-refractivity contribution in [3.63, 3.8) is 0 Å². The molecule has 0 bridgehead atoms. The Hall–Kier alpha value is -2.36. The van der Waals surface area contributed by atoms with Crippen molar-refractivity contribution in [3.05, 3.63) is 48.0 Å². The molecule has 0 aliphatic carbocycles. The van der Waals surface area contributed by atoms with Gasteiger partial charge in [-0.1, -0.05) is 42.5 Å². The Morgan fingerprint density at radius 1 is 1.10 bits per heavy atom. The van der Waals surface area contributed by atoms with Crippen molar-refractivity contribution in [3.8, 4) is 0 Å². The van der Waals surface area contributed by atoms with Gasteiger partial charge in [0, 0.05) is 6.42 Å². The maximum atomic E-state index is 11.9. The number of nitrogens with one attached hydrogen (secondary N) is 1. The standard InChI is InChI=1S/C17H20N2O2/c1-17(2,16(18)21)19-15(20)10-8-12-7-9-13-5-3-4-6-14(13)11-12/h3-7,9,11H,8,10H2,1-2H3,(H2,18,21)(H,19,20). The highest BCUT2D eigenvalue weighted by molar-refractivity contribution is 5.89. The van der Waals surface area contributed by atoms with E-state index in [1.807, 2.05) is 18.2 Å². The fourth-order valence-corrected chi connectivity index (χ4v) is 2.12. The van der Waals surface area contributed by atoms with E-state index in [-0.39, 0.29) is 5.91 Å². The van der Waals surface area contributed by atoms with Crippen molar-refractivity contribution in [2.45, 2.75) is 32.2 Å². The zero-order valence-corrected chi connectivity index (χ0v) is 12.3. The fraction of sp³-hybridized carbons (Fsp3) is 0.294. The molecule has 0 fully saturated rings. The normalized spacial score (nSPS) is 11.3. The molecule has 2 amide bonds. The largest absolute Gasteiger partial charge is 0.368 e. The summed E-state index contributed by atoms with van der Waals surface area (Å²) < 4.78 is 0. The summed E-state index contributed by atoms with van der Waals surface area (Å²) in [4.78, 5) is 23.1. The van der Waals surface area contributed by atoms with E-state index in [2.05, 4.69) is 29.6 Å². The van der Waals surface area contributed by atoms with E-state index in [1.165, 1.54) is 5.39 Å². The zero-order valence-electron chi connectivity index (χ0n) is 12.3. The fourth-order valence-electron chi connectivity index (χ4n) is 2.12. The first kappa shape index (κ1) is 15.0. The first-order chi connectivity index (χ1) is 9.88. The van der Waals surface area contributed by atoms with Crippen LogP contribution in [0.5, 0.6) is 0 Å². The summed E-state index contributed by atoms with van der Waals surface area (Å²) in [7, 11) is 0. The van der Waals surface area contributed by atoms with Gasteiger partial charge in [0.05, 0.1) is 0 Å². The van der Waals surface area contributed by atoms with Crippen LogP contribution in [0.4, 0.5) is 0 Å². The second-order valence-corrected chi connectivity index (χ2v) is 5.72.